The second-order valence-corrected chi connectivity index (χ2v) is 5.08. The number of nitrogens with one attached hydrogen (secondary N) is 2. The van der Waals surface area contributed by atoms with Crippen molar-refractivity contribution in [2.45, 2.75) is 13.8 Å². The fourth-order valence-electron chi connectivity index (χ4n) is 2.29. The number of hydrogen-bond acceptors (Lipinski definition) is 4. The second kappa shape index (κ2) is 5.81. The summed E-state index contributed by atoms with van der Waals surface area (Å²) in [7, 11) is 0. The molecule has 0 aliphatic heterocycles. The first kappa shape index (κ1) is 14.0. The molecule has 1 aromatic heterocycles. The third-order valence-corrected chi connectivity index (χ3v) is 3.33. The van der Waals surface area contributed by atoms with Crippen LogP contribution in [0.2, 0.25) is 0 Å². The number of hydrogen-bond donors (Lipinski definition) is 2. The lowest BCUT2D eigenvalue weighted by Gasteiger charge is -2.11. The number of anilines is 3. The minimum atomic E-state index is -0.0980. The summed E-state index contributed by atoms with van der Waals surface area (Å²) in [5.41, 5.74) is 3.48. The molecule has 0 bridgehead atoms. The molecule has 3 aromatic rings. The largest absolute Gasteiger partial charge is 0.340 e. The molecule has 0 saturated carbocycles. The predicted octanol–water partition coefficient (Wildman–Crippen LogP) is 3.64. The fourth-order valence-corrected chi connectivity index (χ4v) is 2.29. The monoisotopic (exact) mass is 292 g/mol. The fraction of sp³-hybridized carbons (Fsp3) is 0.118. The van der Waals surface area contributed by atoms with Crippen molar-refractivity contribution in [2.24, 2.45) is 0 Å². The number of aromatic nitrogens is 2. The van der Waals surface area contributed by atoms with E-state index in [1.807, 2.05) is 49.4 Å². The summed E-state index contributed by atoms with van der Waals surface area (Å²) in [6, 6.07) is 13.7. The van der Waals surface area contributed by atoms with Crippen molar-refractivity contribution in [1.29, 1.82) is 0 Å². The number of carbonyl (C=O) groups excluding carboxylic acids is 1. The van der Waals surface area contributed by atoms with E-state index in [0.29, 0.717) is 0 Å². The van der Waals surface area contributed by atoms with Crippen LogP contribution in [0.3, 0.4) is 0 Å². The summed E-state index contributed by atoms with van der Waals surface area (Å²) in [5, 5.41) is 7.03. The van der Waals surface area contributed by atoms with E-state index in [0.717, 1.165) is 33.7 Å². The molecule has 22 heavy (non-hydrogen) atoms. The van der Waals surface area contributed by atoms with Gasteiger partial charge in [-0.15, -0.1) is 0 Å². The van der Waals surface area contributed by atoms with Gasteiger partial charge in [0.25, 0.3) is 0 Å². The maximum absolute atomic E-state index is 11.3. The van der Waals surface area contributed by atoms with Crippen LogP contribution in [0, 0.1) is 6.92 Å². The number of amides is 1. The number of nitrogens with zero attached hydrogens (tertiary/aromatic N) is 2. The highest BCUT2D eigenvalue weighted by Crippen LogP contribution is 2.27. The minimum Gasteiger partial charge on any atom is -0.340 e. The van der Waals surface area contributed by atoms with Crippen molar-refractivity contribution in [2.75, 3.05) is 10.6 Å². The van der Waals surface area contributed by atoms with Gasteiger partial charge in [-0.1, -0.05) is 18.2 Å². The molecule has 2 aromatic carbocycles. The van der Waals surface area contributed by atoms with Crippen LogP contribution >= 0.6 is 0 Å². The van der Waals surface area contributed by atoms with Gasteiger partial charge in [0, 0.05) is 23.7 Å². The van der Waals surface area contributed by atoms with Gasteiger partial charge in [0.05, 0.1) is 5.52 Å². The molecule has 0 radical (unpaired) electrons. The van der Waals surface area contributed by atoms with Crippen molar-refractivity contribution in [1.82, 2.24) is 9.97 Å². The Morgan fingerprint density at radius 2 is 1.86 bits per heavy atom. The first-order valence-corrected chi connectivity index (χ1v) is 6.98. The summed E-state index contributed by atoms with van der Waals surface area (Å²) in [6.07, 6.45) is 1.51. The molecule has 1 amide bonds. The number of para-hydroxylation sites is 1. The Kier molecular flexibility index (Phi) is 3.70. The molecule has 2 N–H and O–H groups in total. The van der Waals surface area contributed by atoms with Gasteiger partial charge < -0.3 is 10.6 Å². The molecular weight excluding hydrogens is 276 g/mol. The maximum atomic E-state index is 11.3. The third kappa shape index (κ3) is 2.88. The lowest BCUT2D eigenvalue weighted by Crippen LogP contribution is -2.07. The predicted molar refractivity (Wildman–Crippen MR) is 88.3 cm³/mol. The summed E-state index contributed by atoms with van der Waals surface area (Å²) in [5.74, 6) is 0.646. The summed E-state index contributed by atoms with van der Waals surface area (Å²) >= 11 is 0. The lowest BCUT2D eigenvalue weighted by atomic mass is 10.1. The normalized spacial score (nSPS) is 10.5. The standard InChI is InChI=1S/C17H16N4O/c1-11-8-14-16(9-15(11)20-12(2)22)18-10-19-17(14)21-13-6-4-3-5-7-13/h3-10H,1-2H3,(H,20,22)(H,18,19,21). The molecule has 3 rings (SSSR count). The molecule has 0 saturated heterocycles. The average molecular weight is 292 g/mol. The van der Waals surface area contributed by atoms with Crippen molar-refractivity contribution in [3.05, 3.63) is 54.4 Å². The van der Waals surface area contributed by atoms with Crippen LogP contribution in [0.15, 0.2) is 48.8 Å². The lowest BCUT2D eigenvalue weighted by molar-refractivity contribution is -0.114. The van der Waals surface area contributed by atoms with Gasteiger partial charge in [-0.2, -0.15) is 0 Å². The highest BCUT2D eigenvalue weighted by molar-refractivity contribution is 5.97. The number of rotatable bonds is 3. The van der Waals surface area contributed by atoms with E-state index in [1.165, 1.54) is 13.3 Å². The maximum Gasteiger partial charge on any atom is 0.221 e. The Morgan fingerprint density at radius 1 is 1.09 bits per heavy atom. The van der Waals surface area contributed by atoms with Crippen LogP contribution in [-0.4, -0.2) is 15.9 Å². The molecule has 5 heteroatoms. The zero-order valence-corrected chi connectivity index (χ0v) is 12.4. The van der Waals surface area contributed by atoms with E-state index in [2.05, 4.69) is 20.6 Å². The Morgan fingerprint density at radius 3 is 2.59 bits per heavy atom. The second-order valence-electron chi connectivity index (χ2n) is 5.08. The quantitative estimate of drug-likeness (QED) is 0.773. The number of aryl methyl sites for hydroxylation is 1. The molecule has 110 valence electrons. The minimum absolute atomic E-state index is 0.0980. The molecule has 1 heterocycles. The van der Waals surface area contributed by atoms with E-state index < -0.39 is 0 Å². The van der Waals surface area contributed by atoms with Gasteiger partial charge >= 0.3 is 0 Å². The Labute approximate surface area is 128 Å². The highest BCUT2D eigenvalue weighted by Gasteiger charge is 2.08. The molecule has 0 aliphatic carbocycles. The van der Waals surface area contributed by atoms with Gasteiger partial charge in [0.2, 0.25) is 5.91 Å². The Hall–Kier alpha value is -2.95. The Balaban J connectivity index is 2.05. The zero-order valence-electron chi connectivity index (χ0n) is 12.4. The zero-order chi connectivity index (χ0) is 15.5. The van der Waals surface area contributed by atoms with Crippen LogP contribution in [-0.2, 0) is 4.79 Å². The van der Waals surface area contributed by atoms with E-state index in [4.69, 9.17) is 0 Å². The summed E-state index contributed by atoms with van der Waals surface area (Å²) in [4.78, 5) is 19.9. The first-order valence-electron chi connectivity index (χ1n) is 6.98. The van der Waals surface area contributed by atoms with Crippen molar-refractivity contribution in [3.63, 3.8) is 0 Å². The number of carbonyl (C=O) groups is 1. The van der Waals surface area contributed by atoms with E-state index >= 15 is 0 Å². The smallest absolute Gasteiger partial charge is 0.221 e. The highest BCUT2D eigenvalue weighted by atomic mass is 16.1. The summed E-state index contributed by atoms with van der Waals surface area (Å²) < 4.78 is 0. The van der Waals surface area contributed by atoms with Gasteiger partial charge in [0.15, 0.2) is 0 Å². The molecule has 5 nitrogen and oxygen atoms in total. The molecular formula is C17H16N4O. The van der Waals surface area contributed by atoms with Gasteiger partial charge in [-0.05, 0) is 36.8 Å². The topological polar surface area (TPSA) is 66.9 Å². The SMILES string of the molecule is CC(=O)Nc1cc2ncnc(Nc3ccccc3)c2cc1C. The van der Waals surface area contributed by atoms with E-state index in [1.54, 1.807) is 0 Å². The average Bonchev–Trinajstić information content (AvgIpc) is 2.49. The van der Waals surface area contributed by atoms with Crippen molar-refractivity contribution >= 4 is 34.0 Å². The number of benzene rings is 2. The molecule has 0 unspecified atom stereocenters. The van der Waals surface area contributed by atoms with Gasteiger partial charge in [0.1, 0.15) is 12.1 Å². The third-order valence-electron chi connectivity index (χ3n) is 3.33. The molecule has 0 aliphatic rings. The first-order chi connectivity index (χ1) is 10.6. The van der Waals surface area contributed by atoms with Crippen LogP contribution in [0.1, 0.15) is 12.5 Å². The van der Waals surface area contributed by atoms with Crippen LogP contribution < -0.4 is 10.6 Å². The molecule has 0 atom stereocenters. The van der Waals surface area contributed by atoms with Gasteiger partial charge in [-0.3, -0.25) is 4.79 Å². The van der Waals surface area contributed by atoms with Crippen LogP contribution in [0.4, 0.5) is 17.2 Å². The van der Waals surface area contributed by atoms with Crippen LogP contribution in [0.5, 0.6) is 0 Å². The summed E-state index contributed by atoms with van der Waals surface area (Å²) in [6.45, 7) is 3.44. The van der Waals surface area contributed by atoms with Crippen molar-refractivity contribution < 1.29 is 4.79 Å². The Bertz CT molecular complexity index is 831. The van der Waals surface area contributed by atoms with Gasteiger partial charge in [-0.25, -0.2) is 9.97 Å². The van der Waals surface area contributed by atoms with Crippen molar-refractivity contribution in [3.8, 4) is 0 Å². The number of fused-ring (bicyclic) bond motifs is 1. The van der Waals surface area contributed by atoms with E-state index in [9.17, 15) is 4.79 Å². The van der Waals surface area contributed by atoms with E-state index in [-0.39, 0.29) is 5.91 Å². The molecule has 0 spiro atoms. The molecule has 0 fully saturated rings. The van der Waals surface area contributed by atoms with Crippen LogP contribution in [0.25, 0.3) is 10.9 Å².